The lowest BCUT2D eigenvalue weighted by atomic mass is 9.98. The third-order valence-electron chi connectivity index (χ3n) is 2.22. The van der Waals surface area contributed by atoms with Gasteiger partial charge in [0.2, 0.25) is 0 Å². The van der Waals surface area contributed by atoms with Crippen LogP contribution < -0.4 is 0 Å². The fourth-order valence-electron chi connectivity index (χ4n) is 1.43. The van der Waals surface area contributed by atoms with E-state index >= 15 is 0 Å². The number of nitrogens with zero attached hydrogens (tertiary/aromatic N) is 1. The van der Waals surface area contributed by atoms with Crippen molar-refractivity contribution in [3.8, 4) is 0 Å². The fourth-order valence-corrected chi connectivity index (χ4v) is 1.43. The Morgan fingerprint density at radius 3 is 2.07 bits per heavy atom. The number of likely N-dealkylation sites (N-methyl/N-ethyl adjacent to an activating group) is 1. The molecule has 1 nitrogen and oxygen atoms in total. The van der Waals surface area contributed by atoms with Crippen molar-refractivity contribution in [3.05, 3.63) is 61.4 Å². The third-order valence-corrected chi connectivity index (χ3v) is 2.22. The molecule has 0 saturated heterocycles. The van der Waals surface area contributed by atoms with Gasteiger partial charge in [0.1, 0.15) is 0 Å². The number of rotatable bonds is 6. The van der Waals surface area contributed by atoms with Gasteiger partial charge in [0.15, 0.2) is 0 Å². The van der Waals surface area contributed by atoms with Crippen molar-refractivity contribution in [2.24, 2.45) is 5.92 Å². The SMILES string of the molecule is C=C/C=C\C(C)/C(C=C)=C(/C=C)N(C)C. The second-order valence-corrected chi connectivity index (χ2v) is 3.55. The summed E-state index contributed by atoms with van der Waals surface area (Å²) in [6.07, 6.45) is 9.56. The van der Waals surface area contributed by atoms with Crippen LogP contribution in [0.15, 0.2) is 61.4 Å². The van der Waals surface area contributed by atoms with E-state index in [-0.39, 0.29) is 0 Å². The summed E-state index contributed by atoms with van der Waals surface area (Å²) in [5.74, 6) is 0.316. The molecule has 1 atom stereocenters. The molecule has 0 aliphatic heterocycles. The number of hydrogen-bond acceptors (Lipinski definition) is 1. The molecular weight excluding hydrogens is 182 g/mol. The van der Waals surface area contributed by atoms with Crippen molar-refractivity contribution in [3.63, 3.8) is 0 Å². The summed E-state index contributed by atoms with van der Waals surface area (Å²) in [4.78, 5) is 2.04. The van der Waals surface area contributed by atoms with E-state index < -0.39 is 0 Å². The largest absolute Gasteiger partial charge is 0.377 e. The van der Waals surface area contributed by atoms with Crippen LogP contribution >= 0.6 is 0 Å². The minimum absolute atomic E-state index is 0.316. The molecule has 0 rings (SSSR count). The van der Waals surface area contributed by atoms with Crippen LogP contribution in [0.5, 0.6) is 0 Å². The van der Waals surface area contributed by atoms with Crippen molar-refractivity contribution in [1.29, 1.82) is 0 Å². The standard InChI is InChI=1S/C14H21N/c1-7-10-11-12(4)13(8-2)14(9-3)15(5)6/h7-12H,1-3H2,4-6H3/b11-10-,14-13-. The Bertz CT molecular complexity index is 292. The van der Waals surface area contributed by atoms with Crippen molar-refractivity contribution < 1.29 is 0 Å². The van der Waals surface area contributed by atoms with E-state index in [1.165, 1.54) is 5.57 Å². The molecule has 1 heteroatoms. The zero-order valence-corrected chi connectivity index (χ0v) is 10.0. The molecule has 82 valence electrons. The molecule has 0 aliphatic rings. The lowest BCUT2D eigenvalue weighted by Gasteiger charge is -2.20. The minimum atomic E-state index is 0.316. The molecule has 0 aromatic carbocycles. The highest BCUT2D eigenvalue weighted by Gasteiger charge is 2.08. The van der Waals surface area contributed by atoms with Gasteiger partial charge in [0.05, 0.1) is 0 Å². The zero-order chi connectivity index (χ0) is 11.8. The molecule has 0 aromatic rings. The van der Waals surface area contributed by atoms with Crippen molar-refractivity contribution in [2.45, 2.75) is 6.92 Å². The summed E-state index contributed by atoms with van der Waals surface area (Å²) in [6.45, 7) is 13.5. The molecule has 0 aromatic heterocycles. The summed E-state index contributed by atoms with van der Waals surface area (Å²) in [7, 11) is 4.01. The second-order valence-electron chi connectivity index (χ2n) is 3.55. The molecule has 0 spiro atoms. The van der Waals surface area contributed by atoms with E-state index in [0.717, 1.165) is 5.70 Å². The molecule has 0 amide bonds. The molecule has 0 aliphatic carbocycles. The predicted octanol–water partition coefficient (Wildman–Crippen LogP) is 3.55. The lowest BCUT2D eigenvalue weighted by Crippen LogP contribution is -2.13. The highest BCUT2D eigenvalue weighted by Crippen LogP contribution is 2.20. The maximum Gasteiger partial charge on any atom is 0.0393 e. The van der Waals surface area contributed by atoms with Gasteiger partial charge in [-0.05, 0) is 11.6 Å². The average molecular weight is 203 g/mol. The Labute approximate surface area is 93.8 Å². The van der Waals surface area contributed by atoms with Gasteiger partial charge >= 0.3 is 0 Å². The molecule has 0 bridgehead atoms. The Morgan fingerprint density at radius 1 is 1.13 bits per heavy atom. The summed E-state index contributed by atoms with van der Waals surface area (Å²) >= 11 is 0. The van der Waals surface area contributed by atoms with Gasteiger partial charge in [-0.15, -0.1) is 0 Å². The van der Waals surface area contributed by atoms with Crippen LogP contribution in [-0.2, 0) is 0 Å². The maximum absolute atomic E-state index is 3.85. The summed E-state index contributed by atoms with van der Waals surface area (Å²) < 4.78 is 0. The first kappa shape index (κ1) is 13.5. The van der Waals surface area contributed by atoms with E-state index in [0.29, 0.717) is 5.92 Å². The summed E-state index contributed by atoms with van der Waals surface area (Å²) in [6, 6.07) is 0. The summed E-state index contributed by atoms with van der Waals surface area (Å²) in [5, 5.41) is 0. The predicted molar refractivity (Wildman–Crippen MR) is 69.6 cm³/mol. The molecule has 0 heterocycles. The first-order chi connectivity index (χ1) is 7.08. The van der Waals surface area contributed by atoms with E-state index in [9.17, 15) is 0 Å². The van der Waals surface area contributed by atoms with Crippen molar-refractivity contribution >= 4 is 0 Å². The summed E-state index contributed by atoms with van der Waals surface area (Å²) in [5.41, 5.74) is 2.28. The quantitative estimate of drug-likeness (QED) is 0.597. The van der Waals surface area contributed by atoms with Crippen molar-refractivity contribution in [1.82, 2.24) is 4.90 Å². The van der Waals surface area contributed by atoms with Crippen LogP contribution in [0.4, 0.5) is 0 Å². The van der Waals surface area contributed by atoms with Gasteiger partial charge in [0, 0.05) is 25.7 Å². The van der Waals surface area contributed by atoms with Gasteiger partial charge in [-0.1, -0.05) is 51.0 Å². The smallest absolute Gasteiger partial charge is 0.0393 e. The highest BCUT2D eigenvalue weighted by molar-refractivity contribution is 5.34. The first-order valence-electron chi connectivity index (χ1n) is 5.04. The monoisotopic (exact) mass is 203 g/mol. The van der Waals surface area contributed by atoms with E-state index in [4.69, 9.17) is 0 Å². The third kappa shape index (κ3) is 4.03. The molecular formula is C14H21N. The number of allylic oxidation sites excluding steroid dienone is 6. The Hall–Kier alpha value is -1.50. The Kier molecular flexibility index (Phi) is 6.19. The lowest BCUT2D eigenvalue weighted by molar-refractivity contribution is 0.519. The van der Waals surface area contributed by atoms with Gasteiger partial charge in [0.25, 0.3) is 0 Å². The molecule has 0 fully saturated rings. The molecule has 1 unspecified atom stereocenters. The topological polar surface area (TPSA) is 3.24 Å². The maximum atomic E-state index is 3.85. The van der Waals surface area contributed by atoms with E-state index in [2.05, 4.69) is 32.7 Å². The molecule has 15 heavy (non-hydrogen) atoms. The van der Waals surface area contributed by atoms with Crippen molar-refractivity contribution in [2.75, 3.05) is 14.1 Å². The zero-order valence-electron chi connectivity index (χ0n) is 10.0. The van der Waals surface area contributed by atoms with Crippen LogP contribution in [0.2, 0.25) is 0 Å². The van der Waals surface area contributed by atoms with E-state index in [1.807, 2.05) is 37.2 Å². The highest BCUT2D eigenvalue weighted by atomic mass is 15.1. The normalized spacial score (nSPS) is 14.3. The second kappa shape index (κ2) is 6.88. The van der Waals surface area contributed by atoms with Gasteiger partial charge in [-0.3, -0.25) is 0 Å². The first-order valence-corrected chi connectivity index (χ1v) is 5.04. The molecule has 0 N–H and O–H groups in total. The molecule has 0 saturated carbocycles. The van der Waals surface area contributed by atoms with Gasteiger partial charge < -0.3 is 4.90 Å². The Morgan fingerprint density at radius 2 is 1.73 bits per heavy atom. The number of hydrogen-bond donors (Lipinski definition) is 0. The fraction of sp³-hybridized carbons (Fsp3) is 0.286. The van der Waals surface area contributed by atoms with Crippen LogP contribution in [0, 0.1) is 5.92 Å². The minimum Gasteiger partial charge on any atom is -0.377 e. The average Bonchev–Trinajstić information content (AvgIpc) is 2.21. The van der Waals surface area contributed by atoms with Gasteiger partial charge in [-0.2, -0.15) is 0 Å². The van der Waals surface area contributed by atoms with E-state index in [1.54, 1.807) is 6.08 Å². The Balaban J connectivity index is 5.16. The van der Waals surface area contributed by atoms with Gasteiger partial charge in [-0.25, -0.2) is 0 Å². The van der Waals surface area contributed by atoms with Crippen LogP contribution in [0.25, 0.3) is 0 Å². The van der Waals surface area contributed by atoms with Crippen LogP contribution in [0.1, 0.15) is 6.92 Å². The van der Waals surface area contributed by atoms with Crippen LogP contribution in [0.3, 0.4) is 0 Å². The molecule has 0 radical (unpaired) electrons. The van der Waals surface area contributed by atoms with Crippen LogP contribution in [-0.4, -0.2) is 19.0 Å².